The lowest BCUT2D eigenvalue weighted by Gasteiger charge is -2.22. The van der Waals surface area contributed by atoms with Gasteiger partial charge in [0.15, 0.2) is 0 Å². The predicted octanol–water partition coefficient (Wildman–Crippen LogP) is 2.46. The highest BCUT2D eigenvalue weighted by atomic mass is 16.5. The second-order valence-corrected chi connectivity index (χ2v) is 5.98. The molecule has 2 N–H and O–H groups in total. The monoisotopic (exact) mass is 282 g/mol. The Hall–Kier alpha value is -1.33. The number of hydrogen-bond donors (Lipinski definition) is 2. The number of aromatic nitrogens is 1. The first-order valence-electron chi connectivity index (χ1n) is 6.95. The molecule has 0 aliphatic heterocycles. The summed E-state index contributed by atoms with van der Waals surface area (Å²) in [6, 6.07) is 3.70. The molecular formula is C15H26N2O3. The standard InChI is InChI=1S/C15H26N2O3/c1-11(2)20-14-13(7-6-8-16-14)17-9-12(18)10-19-15(3,4)5/h6-8,11-12,17-18H,9-10H2,1-5H3. The highest BCUT2D eigenvalue weighted by molar-refractivity contribution is 5.52. The summed E-state index contributed by atoms with van der Waals surface area (Å²) >= 11 is 0. The molecule has 0 aliphatic rings. The van der Waals surface area contributed by atoms with Crippen molar-refractivity contribution in [1.29, 1.82) is 0 Å². The summed E-state index contributed by atoms with van der Waals surface area (Å²) in [6.07, 6.45) is 1.16. The molecule has 0 bridgehead atoms. The molecule has 0 fully saturated rings. The molecular weight excluding hydrogens is 256 g/mol. The Balaban J connectivity index is 2.48. The van der Waals surface area contributed by atoms with Crippen LogP contribution in [0.25, 0.3) is 0 Å². The number of rotatable bonds is 7. The van der Waals surface area contributed by atoms with Crippen molar-refractivity contribution in [1.82, 2.24) is 4.98 Å². The van der Waals surface area contributed by atoms with E-state index in [-0.39, 0.29) is 18.3 Å². The Kier molecular flexibility index (Phi) is 6.23. The van der Waals surface area contributed by atoms with Crippen LogP contribution in [0.1, 0.15) is 34.6 Å². The third kappa shape index (κ3) is 6.73. The highest BCUT2D eigenvalue weighted by Gasteiger charge is 2.14. The van der Waals surface area contributed by atoms with Crippen molar-refractivity contribution in [3.05, 3.63) is 18.3 Å². The molecule has 0 aromatic carbocycles. The van der Waals surface area contributed by atoms with Gasteiger partial charge in [-0.25, -0.2) is 4.98 Å². The van der Waals surface area contributed by atoms with Crippen LogP contribution < -0.4 is 10.1 Å². The van der Waals surface area contributed by atoms with Crippen molar-refractivity contribution < 1.29 is 14.6 Å². The van der Waals surface area contributed by atoms with Gasteiger partial charge in [0.05, 0.1) is 30.1 Å². The first-order chi connectivity index (χ1) is 9.28. The molecule has 0 spiro atoms. The number of nitrogens with one attached hydrogen (secondary N) is 1. The van der Waals surface area contributed by atoms with Crippen LogP contribution >= 0.6 is 0 Å². The number of hydrogen-bond acceptors (Lipinski definition) is 5. The normalized spacial score (nSPS) is 13.3. The molecule has 5 heteroatoms. The molecule has 0 amide bonds. The van der Waals surface area contributed by atoms with E-state index in [1.165, 1.54) is 0 Å². The molecule has 1 aromatic rings. The largest absolute Gasteiger partial charge is 0.473 e. The molecule has 114 valence electrons. The van der Waals surface area contributed by atoms with E-state index in [1.54, 1.807) is 6.20 Å². The van der Waals surface area contributed by atoms with Gasteiger partial charge < -0.3 is 19.9 Å². The zero-order chi connectivity index (χ0) is 15.2. The first-order valence-corrected chi connectivity index (χ1v) is 6.95. The van der Waals surface area contributed by atoms with Gasteiger partial charge in [0, 0.05) is 12.7 Å². The Bertz CT molecular complexity index is 402. The van der Waals surface area contributed by atoms with Crippen molar-refractivity contribution in [2.75, 3.05) is 18.5 Å². The maximum absolute atomic E-state index is 9.90. The lowest BCUT2D eigenvalue weighted by Crippen LogP contribution is -2.30. The van der Waals surface area contributed by atoms with Crippen LogP contribution in [0, 0.1) is 0 Å². The number of pyridine rings is 1. The second-order valence-electron chi connectivity index (χ2n) is 5.98. The Morgan fingerprint density at radius 2 is 2.05 bits per heavy atom. The van der Waals surface area contributed by atoms with Crippen molar-refractivity contribution in [2.45, 2.75) is 52.4 Å². The van der Waals surface area contributed by atoms with Crippen molar-refractivity contribution in [3.63, 3.8) is 0 Å². The van der Waals surface area contributed by atoms with Crippen LogP contribution in [0.5, 0.6) is 5.88 Å². The zero-order valence-corrected chi connectivity index (χ0v) is 13.0. The zero-order valence-electron chi connectivity index (χ0n) is 13.0. The second kappa shape index (κ2) is 7.45. The summed E-state index contributed by atoms with van der Waals surface area (Å²) in [5, 5.41) is 13.0. The van der Waals surface area contributed by atoms with Gasteiger partial charge in [-0.05, 0) is 46.8 Å². The molecule has 5 nitrogen and oxygen atoms in total. The maximum Gasteiger partial charge on any atom is 0.237 e. The van der Waals surface area contributed by atoms with Gasteiger partial charge in [0.2, 0.25) is 5.88 Å². The van der Waals surface area contributed by atoms with Crippen LogP contribution in [0.2, 0.25) is 0 Å². The molecule has 1 unspecified atom stereocenters. The summed E-state index contributed by atoms with van der Waals surface area (Å²) in [7, 11) is 0. The topological polar surface area (TPSA) is 63.6 Å². The third-order valence-corrected chi connectivity index (χ3v) is 2.36. The summed E-state index contributed by atoms with van der Waals surface area (Å²) in [6.45, 7) is 10.5. The predicted molar refractivity (Wildman–Crippen MR) is 80.2 cm³/mol. The Labute approximate surface area is 121 Å². The van der Waals surface area contributed by atoms with Crippen molar-refractivity contribution >= 4 is 5.69 Å². The molecule has 1 aromatic heterocycles. The summed E-state index contributed by atoms with van der Waals surface area (Å²) in [5.41, 5.74) is 0.525. The molecule has 1 atom stereocenters. The summed E-state index contributed by atoms with van der Waals surface area (Å²) in [4.78, 5) is 4.18. The molecule has 20 heavy (non-hydrogen) atoms. The highest BCUT2D eigenvalue weighted by Crippen LogP contribution is 2.21. The number of ether oxygens (including phenoxy) is 2. The van der Waals surface area contributed by atoms with Crippen molar-refractivity contribution in [3.8, 4) is 5.88 Å². The van der Waals surface area contributed by atoms with Crippen LogP contribution in [0.4, 0.5) is 5.69 Å². The van der Waals surface area contributed by atoms with E-state index >= 15 is 0 Å². The van der Waals surface area contributed by atoms with Gasteiger partial charge in [0.1, 0.15) is 0 Å². The van der Waals surface area contributed by atoms with Crippen LogP contribution in [0.3, 0.4) is 0 Å². The van der Waals surface area contributed by atoms with E-state index < -0.39 is 6.10 Å². The fourth-order valence-corrected chi connectivity index (χ4v) is 1.48. The van der Waals surface area contributed by atoms with Gasteiger partial charge in [0.25, 0.3) is 0 Å². The number of aliphatic hydroxyl groups is 1. The van der Waals surface area contributed by atoms with Gasteiger partial charge >= 0.3 is 0 Å². The van der Waals surface area contributed by atoms with E-state index in [2.05, 4.69) is 10.3 Å². The number of anilines is 1. The van der Waals surface area contributed by atoms with E-state index in [0.717, 1.165) is 5.69 Å². The van der Waals surface area contributed by atoms with Gasteiger partial charge in [-0.1, -0.05) is 0 Å². The minimum Gasteiger partial charge on any atom is -0.473 e. The Morgan fingerprint density at radius 1 is 1.35 bits per heavy atom. The van der Waals surface area contributed by atoms with Crippen LogP contribution in [-0.4, -0.2) is 41.1 Å². The molecule has 0 aliphatic carbocycles. The average Bonchev–Trinajstić information content (AvgIpc) is 2.34. The minimum atomic E-state index is -0.582. The van der Waals surface area contributed by atoms with E-state index in [9.17, 15) is 5.11 Å². The SMILES string of the molecule is CC(C)Oc1ncccc1NCC(O)COC(C)(C)C. The average molecular weight is 282 g/mol. The van der Waals surface area contributed by atoms with Crippen LogP contribution in [-0.2, 0) is 4.74 Å². The van der Waals surface area contributed by atoms with Crippen molar-refractivity contribution in [2.24, 2.45) is 0 Å². The first kappa shape index (κ1) is 16.7. The van der Waals surface area contributed by atoms with E-state index in [1.807, 2.05) is 46.8 Å². The maximum atomic E-state index is 9.90. The summed E-state index contributed by atoms with van der Waals surface area (Å²) in [5.74, 6) is 0.548. The Morgan fingerprint density at radius 3 is 2.65 bits per heavy atom. The van der Waals surface area contributed by atoms with E-state index in [4.69, 9.17) is 9.47 Å². The molecule has 1 rings (SSSR count). The summed E-state index contributed by atoms with van der Waals surface area (Å²) < 4.78 is 11.1. The smallest absolute Gasteiger partial charge is 0.237 e. The lowest BCUT2D eigenvalue weighted by molar-refractivity contribution is -0.0449. The third-order valence-electron chi connectivity index (χ3n) is 2.36. The lowest BCUT2D eigenvalue weighted by atomic mass is 10.2. The van der Waals surface area contributed by atoms with Crippen LogP contribution in [0.15, 0.2) is 18.3 Å². The molecule has 0 radical (unpaired) electrons. The quantitative estimate of drug-likeness (QED) is 0.804. The molecule has 0 saturated heterocycles. The van der Waals surface area contributed by atoms with Gasteiger partial charge in [-0.15, -0.1) is 0 Å². The van der Waals surface area contributed by atoms with E-state index in [0.29, 0.717) is 12.4 Å². The molecule has 1 heterocycles. The number of nitrogens with zero attached hydrogens (tertiary/aromatic N) is 1. The molecule has 0 saturated carbocycles. The fraction of sp³-hybridized carbons (Fsp3) is 0.667. The minimum absolute atomic E-state index is 0.0552. The van der Waals surface area contributed by atoms with Gasteiger partial charge in [-0.2, -0.15) is 0 Å². The number of aliphatic hydroxyl groups excluding tert-OH is 1. The van der Waals surface area contributed by atoms with Gasteiger partial charge in [-0.3, -0.25) is 0 Å². The fourth-order valence-electron chi connectivity index (χ4n) is 1.48.